The van der Waals surface area contributed by atoms with Crippen LogP contribution >= 0.6 is 0 Å². The molecule has 2 N–H and O–H groups in total. The van der Waals surface area contributed by atoms with Crippen LogP contribution in [0.25, 0.3) is 0 Å². The van der Waals surface area contributed by atoms with Gasteiger partial charge in [-0.3, -0.25) is 19.7 Å². The average Bonchev–Trinajstić information content (AvgIpc) is 2.87. The topological polar surface area (TPSA) is 120 Å². The minimum atomic E-state index is -0.446. The molecule has 9 nitrogen and oxygen atoms in total. The van der Waals surface area contributed by atoms with E-state index in [2.05, 4.69) is 33.3 Å². The van der Waals surface area contributed by atoms with Crippen molar-refractivity contribution in [3.63, 3.8) is 0 Å². The lowest BCUT2D eigenvalue weighted by molar-refractivity contribution is -0.139. The number of carbonyl (C=O) groups is 4. The summed E-state index contributed by atoms with van der Waals surface area (Å²) in [5.41, 5.74) is 1.85. The summed E-state index contributed by atoms with van der Waals surface area (Å²) in [5, 5.41) is 5.24. The maximum Gasteiger partial charge on any atom is 0.411 e. The summed E-state index contributed by atoms with van der Waals surface area (Å²) in [6, 6.07) is 7.51. The predicted octanol–water partition coefficient (Wildman–Crippen LogP) is 5.94. The summed E-state index contributed by atoms with van der Waals surface area (Å²) in [7, 11) is 1.63. The smallest absolute Gasteiger partial charge is 0.411 e. The molecule has 1 aromatic carbocycles. The standard InChI is InChI=1S/C17H23NO4.C11H19NO3/c1-3-21-16(19)8-6-4-5-7-13-22-17(20)18-15-11-9-14(2)10-12-15;1-3-15-11(14)9-7-5-4-6-8-10(13)12-2/h3,9-12H,1,4-8,13H2,2H3,(H,18,20);3H,1,4-9H2,2H3,(H,12,13). The van der Waals surface area contributed by atoms with E-state index < -0.39 is 6.09 Å². The van der Waals surface area contributed by atoms with Gasteiger partial charge < -0.3 is 19.5 Å². The molecule has 0 bridgehead atoms. The number of carbonyl (C=O) groups excluding carboxylic acids is 4. The number of amides is 2. The third kappa shape index (κ3) is 21.4. The molecule has 1 aromatic rings. The van der Waals surface area contributed by atoms with Crippen molar-refractivity contribution in [3.05, 3.63) is 55.5 Å². The highest BCUT2D eigenvalue weighted by molar-refractivity contribution is 5.84. The Morgan fingerprint density at radius 3 is 1.73 bits per heavy atom. The molecule has 37 heavy (non-hydrogen) atoms. The Balaban J connectivity index is 0.000000757. The second kappa shape index (κ2) is 22.8. The lowest BCUT2D eigenvalue weighted by atomic mass is 10.1. The number of anilines is 1. The van der Waals surface area contributed by atoms with Gasteiger partial charge in [-0.05, 0) is 44.7 Å². The van der Waals surface area contributed by atoms with Crippen LogP contribution in [0.2, 0.25) is 0 Å². The fourth-order valence-corrected chi connectivity index (χ4v) is 3.02. The molecule has 1 rings (SSSR count). The molecular weight excluding hydrogens is 476 g/mol. The molecule has 0 fully saturated rings. The van der Waals surface area contributed by atoms with Crippen LogP contribution in [0.4, 0.5) is 10.5 Å². The molecule has 0 aliphatic carbocycles. The molecular formula is C28H42N2O7. The van der Waals surface area contributed by atoms with E-state index in [0.717, 1.165) is 75.1 Å². The van der Waals surface area contributed by atoms with E-state index in [4.69, 9.17) is 4.74 Å². The second-order valence-electron chi connectivity index (χ2n) is 8.19. The van der Waals surface area contributed by atoms with E-state index in [-0.39, 0.29) is 17.8 Å². The molecule has 0 aliphatic heterocycles. The van der Waals surface area contributed by atoms with Crippen LogP contribution in [0.3, 0.4) is 0 Å². The third-order valence-electron chi connectivity index (χ3n) is 5.05. The largest absolute Gasteiger partial charge is 0.449 e. The first kappa shape index (κ1) is 33.4. The number of nitrogens with one attached hydrogen (secondary N) is 2. The minimum absolute atomic E-state index is 0.0704. The van der Waals surface area contributed by atoms with Crippen LogP contribution < -0.4 is 10.6 Å². The van der Waals surface area contributed by atoms with Gasteiger partial charge in [0.1, 0.15) is 0 Å². The van der Waals surface area contributed by atoms with E-state index in [1.807, 2.05) is 31.2 Å². The van der Waals surface area contributed by atoms with E-state index in [0.29, 0.717) is 25.9 Å². The summed E-state index contributed by atoms with van der Waals surface area (Å²) in [6.45, 7) is 8.98. The zero-order valence-corrected chi connectivity index (χ0v) is 22.2. The highest BCUT2D eigenvalue weighted by Gasteiger charge is 2.04. The van der Waals surface area contributed by atoms with Crippen molar-refractivity contribution >= 4 is 29.6 Å². The Morgan fingerprint density at radius 1 is 0.757 bits per heavy atom. The Hall–Kier alpha value is -3.62. The quantitative estimate of drug-likeness (QED) is 0.113. The van der Waals surface area contributed by atoms with Gasteiger partial charge >= 0.3 is 18.0 Å². The molecule has 0 saturated carbocycles. The van der Waals surface area contributed by atoms with Crippen LogP contribution in [-0.2, 0) is 28.6 Å². The van der Waals surface area contributed by atoms with Crippen molar-refractivity contribution in [2.24, 2.45) is 0 Å². The summed E-state index contributed by atoms with van der Waals surface area (Å²) in [5.74, 6) is -0.430. The molecule has 0 saturated heterocycles. The first-order valence-corrected chi connectivity index (χ1v) is 12.6. The lowest BCUT2D eigenvalue weighted by Crippen LogP contribution is -2.16. The molecule has 0 aromatic heterocycles. The molecule has 0 aliphatic rings. The van der Waals surface area contributed by atoms with Gasteiger partial charge in [-0.1, -0.05) is 56.5 Å². The third-order valence-corrected chi connectivity index (χ3v) is 5.05. The highest BCUT2D eigenvalue weighted by Crippen LogP contribution is 2.10. The SMILES string of the molecule is C=COC(=O)CCCCCCC(=O)NC.C=COC(=O)CCCCCCOC(=O)Nc1ccc(C)cc1. The number of hydrogen-bond donors (Lipinski definition) is 2. The highest BCUT2D eigenvalue weighted by atomic mass is 16.5. The first-order chi connectivity index (χ1) is 17.8. The number of esters is 2. The molecule has 0 radical (unpaired) electrons. The number of unbranched alkanes of at least 4 members (excludes halogenated alkanes) is 6. The van der Waals surface area contributed by atoms with Gasteiger partial charge in [0.25, 0.3) is 0 Å². The van der Waals surface area contributed by atoms with Gasteiger partial charge in [0, 0.05) is 32.0 Å². The second-order valence-corrected chi connectivity index (χ2v) is 8.19. The predicted molar refractivity (Wildman–Crippen MR) is 144 cm³/mol. The zero-order chi connectivity index (χ0) is 27.7. The molecule has 206 valence electrons. The fraction of sp³-hybridized carbons (Fsp3) is 0.500. The van der Waals surface area contributed by atoms with Crippen molar-refractivity contribution in [1.82, 2.24) is 5.32 Å². The van der Waals surface area contributed by atoms with E-state index in [1.54, 1.807) is 7.05 Å². The number of ether oxygens (including phenoxy) is 3. The summed E-state index contributed by atoms with van der Waals surface area (Å²) >= 11 is 0. The summed E-state index contributed by atoms with van der Waals surface area (Å²) < 4.78 is 14.3. The maximum absolute atomic E-state index is 11.5. The average molecular weight is 519 g/mol. The van der Waals surface area contributed by atoms with Crippen molar-refractivity contribution < 1.29 is 33.4 Å². The van der Waals surface area contributed by atoms with Gasteiger partial charge in [-0.15, -0.1) is 0 Å². The molecule has 2 amide bonds. The van der Waals surface area contributed by atoms with Crippen LogP contribution in [0.1, 0.15) is 76.2 Å². The summed E-state index contributed by atoms with van der Waals surface area (Å²) in [6.07, 6.45) is 10.2. The fourth-order valence-electron chi connectivity index (χ4n) is 3.02. The molecule has 0 atom stereocenters. The molecule has 0 spiro atoms. The number of benzene rings is 1. The van der Waals surface area contributed by atoms with E-state index in [9.17, 15) is 19.2 Å². The number of aryl methyl sites for hydroxylation is 1. The van der Waals surface area contributed by atoms with Gasteiger partial charge in [0.2, 0.25) is 5.91 Å². The van der Waals surface area contributed by atoms with Crippen molar-refractivity contribution in [1.29, 1.82) is 0 Å². The monoisotopic (exact) mass is 518 g/mol. The van der Waals surface area contributed by atoms with Gasteiger partial charge in [-0.25, -0.2) is 4.79 Å². The van der Waals surface area contributed by atoms with E-state index in [1.165, 1.54) is 0 Å². The first-order valence-electron chi connectivity index (χ1n) is 12.6. The normalized spacial score (nSPS) is 9.68. The number of rotatable bonds is 17. The van der Waals surface area contributed by atoms with Crippen LogP contribution in [-0.4, -0.2) is 37.6 Å². The Kier molecular flexibility index (Phi) is 20.6. The summed E-state index contributed by atoms with van der Waals surface area (Å²) in [4.78, 5) is 44.3. The Bertz CT molecular complexity index is 822. The van der Waals surface area contributed by atoms with Gasteiger partial charge in [-0.2, -0.15) is 0 Å². The van der Waals surface area contributed by atoms with Gasteiger partial charge in [0.15, 0.2) is 0 Å². The zero-order valence-electron chi connectivity index (χ0n) is 22.2. The Morgan fingerprint density at radius 2 is 1.24 bits per heavy atom. The van der Waals surface area contributed by atoms with Crippen molar-refractivity contribution in [3.8, 4) is 0 Å². The molecule has 0 unspecified atom stereocenters. The maximum atomic E-state index is 11.5. The Labute approximate surface area is 220 Å². The van der Waals surface area contributed by atoms with Crippen molar-refractivity contribution in [2.45, 2.75) is 77.6 Å². The van der Waals surface area contributed by atoms with Crippen LogP contribution in [0, 0.1) is 6.92 Å². The van der Waals surface area contributed by atoms with Crippen molar-refractivity contribution in [2.75, 3.05) is 19.0 Å². The molecule has 9 heteroatoms. The number of hydrogen-bond acceptors (Lipinski definition) is 7. The van der Waals surface area contributed by atoms with Gasteiger partial charge in [0.05, 0.1) is 19.1 Å². The lowest BCUT2D eigenvalue weighted by Gasteiger charge is -2.07. The molecule has 0 heterocycles. The minimum Gasteiger partial charge on any atom is -0.449 e. The van der Waals surface area contributed by atoms with E-state index >= 15 is 0 Å². The van der Waals surface area contributed by atoms with Crippen LogP contribution in [0.15, 0.2) is 49.9 Å². The van der Waals surface area contributed by atoms with Crippen LogP contribution in [0.5, 0.6) is 0 Å².